The highest BCUT2D eigenvalue weighted by molar-refractivity contribution is 6.13. The Morgan fingerprint density at radius 3 is 1.90 bits per heavy atom. The summed E-state index contributed by atoms with van der Waals surface area (Å²) in [6.45, 7) is 0. The second-order valence-electron chi connectivity index (χ2n) is 10.2. The summed E-state index contributed by atoms with van der Waals surface area (Å²) in [7, 11) is 0. The Labute approximate surface area is 233 Å². The molecule has 0 saturated carbocycles. The van der Waals surface area contributed by atoms with Crippen LogP contribution in [0.3, 0.4) is 0 Å². The Hall–Kier alpha value is -5.75. The van der Waals surface area contributed by atoms with Gasteiger partial charge in [0.05, 0.1) is 11.2 Å². The molecule has 0 saturated heterocycles. The molecule has 0 atom stereocenters. The smallest absolute Gasteiger partial charge is 0.146 e. The Balaban J connectivity index is 1.18. The third-order valence-corrected chi connectivity index (χ3v) is 7.90. The molecule has 0 fully saturated rings. The molecule has 5 aromatic heterocycles. The van der Waals surface area contributed by atoms with Crippen molar-refractivity contribution >= 4 is 54.8 Å². The second-order valence-corrected chi connectivity index (χ2v) is 10.2. The van der Waals surface area contributed by atoms with Crippen molar-refractivity contribution in [3.05, 3.63) is 128 Å². The fourth-order valence-electron chi connectivity index (χ4n) is 6.04. The molecule has 41 heavy (non-hydrogen) atoms. The number of imidazole rings is 2. The highest BCUT2D eigenvalue weighted by Gasteiger charge is 2.14. The summed E-state index contributed by atoms with van der Waals surface area (Å²) in [5, 5.41) is 6.55. The molecule has 0 N–H and O–H groups in total. The topological polar surface area (TPSA) is 56.7 Å². The maximum atomic E-state index is 6.46. The first kappa shape index (κ1) is 22.1. The molecular formula is C35H21N5O. The second kappa shape index (κ2) is 8.37. The first-order valence-electron chi connectivity index (χ1n) is 13.5. The summed E-state index contributed by atoms with van der Waals surface area (Å²) in [6.07, 6.45) is 7.64. The van der Waals surface area contributed by atoms with E-state index < -0.39 is 0 Å². The van der Waals surface area contributed by atoms with Gasteiger partial charge in [0.1, 0.15) is 28.4 Å². The summed E-state index contributed by atoms with van der Waals surface area (Å²) in [6, 6.07) is 35.3. The van der Waals surface area contributed by atoms with Gasteiger partial charge < -0.3 is 4.74 Å². The van der Waals surface area contributed by atoms with E-state index >= 15 is 0 Å². The maximum Gasteiger partial charge on any atom is 0.146 e. The van der Waals surface area contributed by atoms with Crippen LogP contribution in [-0.2, 0) is 0 Å². The van der Waals surface area contributed by atoms with Crippen LogP contribution < -0.4 is 4.74 Å². The average Bonchev–Trinajstić information content (AvgIpc) is 3.73. The maximum absolute atomic E-state index is 6.46. The number of fused-ring (bicyclic) bond motifs is 12. The van der Waals surface area contributed by atoms with E-state index in [-0.39, 0.29) is 0 Å². The molecule has 0 amide bonds. The van der Waals surface area contributed by atoms with Crippen LogP contribution in [0.4, 0.5) is 0 Å². The van der Waals surface area contributed by atoms with Gasteiger partial charge in [-0.15, -0.1) is 0 Å². The number of ether oxygens (including phenoxy) is 1. The monoisotopic (exact) mass is 527 g/mol. The number of para-hydroxylation sites is 1. The molecule has 4 aromatic carbocycles. The Morgan fingerprint density at radius 1 is 0.488 bits per heavy atom. The van der Waals surface area contributed by atoms with Gasteiger partial charge in [-0.2, -0.15) is 0 Å². The van der Waals surface area contributed by atoms with Crippen molar-refractivity contribution in [1.82, 2.24) is 23.8 Å². The van der Waals surface area contributed by atoms with E-state index in [0.29, 0.717) is 0 Å². The van der Waals surface area contributed by atoms with Crippen molar-refractivity contribution in [2.75, 3.05) is 0 Å². The molecule has 0 aliphatic rings. The molecule has 192 valence electrons. The Bertz CT molecular complexity index is 2460. The van der Waals surface area contributed by atoms with Gasteiger partial charge in [0.2, 0.25) is 0 Å². The van der Waals surface area contributed by atoms with E-state index in [1.54, 1.807) is 0 Å². The minimum absolute atomic E-state index is 0.745. The fraction of sp³-hybridized carbons (Fsp3) is 0. The third kappa shape index (κ3) is 3.28. The lowest BCUT2D eigenvalue weighted by molar-refractivity contribution is 0.484. The van der Waals surface area contributed by atoms with E-state index in [1.165, 1.54) is 5.39 Å². The quantitative estimate of drug-likeness (QED) is 0.216. The zero-order valence-electron chi connectivity index (χ0n) is 21.8. The number of rotatable bonds is 3. The summed E-state index contributed by atoms with van der Waals surface area (Å²) in [4.78, 5) is 14.4. The first-order valence-corrected chi connectivity index (χ1v) is 13.5. The summed E-state index contributed by atoms with van der Waals surface area (Å²) >= 11 is 0. The summed E-state index contributed by atoms with van der Waals surface area (Å²) in [5.74, 6) is 1.50. The molecular weight excluding hydrogens is 506 g/mol. The van der Waals surface area contributed by atoms with E-state index in [0.717, 1.165) is 72.1 Å². The fourth-order valence-corrected chi connectivity index (χ4v) is 6.04. The summed E-state index contributed by atoms with van der Waals surface area (Å²) < 4.78 is 10.7. The normalized spacial score (nSPS) is 11.9. The number of nitrogens with zero attached hydrogens (tertiary/aromatic N) is 5. The number of aromatic nitrogens is 5. The van der Waals surface area contributed by atoms with Gasteiger partial charge in [0.25, 0.3) is 0 Å². The van der Waals surface area contributed by atoms with Crippen LogP contribution in [-0.4, -0.2) is 23.8 Å². The Morgan fingerprint density at radius 2 is 1.12 bits per heavy atom. The molecule has 0 spiro atoms. The van der Waals surface area contributed by atoms with Gasteiger partial charge in [0.15, 0.2) is 0 Å². The number of benzene rings is 4. The Kier molecular flexibility index (Phi) is 4.51. The van der Waals surface area contributed by atoms with Crippen LogP contribution in [0.5, 0.6) is 11.5 Å². The zero-order valence-corrected chi connectivity index (χ0v) is 21.8. The molecule has 0 aliphatic heterocycles. The SMILES string of the molecule is c1ccc(-c2ccc3c4ccc(Oc5ccc6c7ccccc7n7ccnc7c6c5)cc4c4nccn4c3n2)cc1. The van der Waals surface area contributed by atoms with Crippen LogP contribution in [0.2, 0.25) is 0 Å². The van der Waals surface area contributed by atoms with Gasteiger partial charge in [-0.25, -0.2) is 15.0 Å². The molecule has 9 aromatic rings. The standard InChI is InChI=1S/C35H21N5O/c1-2-6-22(7-3-1)31-15-14-28-26-13-11-24(21-30(26)34-37-17-19-40(34)35(28)38-31)41-23-10-12-25-27-8-4-5-9-32(27)39-18-16-36-33(39)29(25)20-23/h1-21H. The van der Waals surface area contributed by atoms with E-state index in [2.05, 4.69) is 86.6 Å². The van der Waals surface area contributed by atoms with Crippen LogP contribution in [0, 0.1) is 0 Å². The first-order chi connectivity index (χ1) is 20.3. The van der Waals surface area contributed by atoms with Crippen molar-refractivity contribution in [2.45, 2.75) is 0 Å². The summed E-state index contributed by atoms with van der Waals surface area (Å²) in [5.41, 5.74) is 5.79. The molecule has 5 heterocycles. The van der Waals surface area contributed by atoms with Crippen LogP contribution in [0.25, 0.3) is 66.0 Å². The lowest BCUT2D eigenvalue weighted by Gasteiger charge is -2.13. The zero-order chi connectivity index (χ0) is 26.9. The van der Waals surface area contributed by atoms with Crippen molar-refractivity contribution in [2.24, 2.45) is 0 Å². The van der Waals surface area contributed by atoms with Crippen molar-refractivity contribution in [3.8, 4) is 22.8 Å². The molecule has 0 aliphatic carbocycles. The number of hydrogen-bond acceptors (Lipinski definition) is 4. The molecule has 0 radical (unpaired) electrons. The van der Waals surface area contributed by atoms with Gasteiger partial charge in [0, 0.05) is 51.9 Å². The van der Waals surface area contributed by atoms with Crippen LogP contribution >= 0.6 is 0 Å². The van der Waals surface area contributed by atoms with E-state index in [1.807, 2.05) is 55.1 Å². The third-order valence-electron chi connectivity index (χ3n) is 7.90. The van der Waals surface area contributed by atoms with Crippen LogP contribution in [0.1, 0.15) is 0 Å². The van der Waals surface area contributed by atoms with Gasteiger partial charge in [-0.05, 0) is 65.4 Å². The largest absolute Gasteiger partial charge is 0.457 e. The lowest BCUT2D eigenvalue weighted by atomic mass is 10.1. The van der Waals surface area contributed by atoms with Gasteiger partial charge in [-0.3, -0.25) is 8.80 Å². The highest BCUT2D eigenvalue weighted by atomic mass is 16.5. The minimum Gasteiger partial charge on any atom is -0.457 e. The predicted molar refractivity (Wildman–Crippen MR) is 164 cm³/mol. The molecule has 6 heteroatoms. The molecule has 0 unspecified atom stereocenters. The predicted octanol–water partition coefficient (Wildman–Crippen LogP) is 8.45. The van der Waals surface area contributed by atoms with Crippen LogP contribution in [0.15, 0.2) is 128 Å². The molecule has 9 rings (SSSR count). The lowest BCUT2D eigenvalue weighted by Crippen LogP contribution is -1.95. The van der Waals surface area contributed by atoms with E-state index in [9.17, 15) is 0 Å². The molecule has 0 bridgehead atoms. The van der Waals surface area contributed by atoms with Gasteiger partial charge >= 0.3 is 0 Å². The van der Waals surface area contributed by atoms with E-state index in [4.69, 9.17) is 14.7 Å². The highest BCUT2D eigenvalue weighted by Crippen LogP contribution is 2.36. The minimum atomic E-state index is 0.745. The number of hydrogen-bond donors (Lipinski definition) is 0. The van der Waals surface area contributed by atoms with Crippen molar-refractivity contribution in [3.63, 3.8) is 0 Å². The van der Waals surface area contributed by atoms with Crippen molar-refractivity contribution in [1.29, 1.82) is 0 Å². The molecule has 6 nitrogen and oxygen atoms in total. The number of pyridine rings is 3. The van der Waals surface area contributed by atoms with Gasteiger partial charge in [-0.1, -0.05) is 48.5 Å². The average molecular weight is 528 g/mol. The van der Waals surface area contributed by atoms with Crippen molar-refractivity contribution < 1.29 is 4.74 Å².